The maximum absolute atomic E-state index is 4.34. The molecule has 0 bridgehead atoms. The zero-order valence-electron chi connectivity index (χ0n) is 10.3. The topological polar surface area (TPSA) is 38.9 Å². The number of imidazole rings is 1. The van der Waals surface area contributed by atoms with E-state index in [1.54, 1.807) is 0 Å². The second kappa shape index (κ2) is 4.85. The molecule has 0 unspecified atom stereocenters. The van der Waals surface area contributed by atoms with Crippen molar-refractivity contribution in [2.75, 3.05) is 19.6 Å². The summed E-state index contributed by atoms with van der Waals surface area (Å²) in [4.78, 5) is 6.78. The molecule has 0 atom stereocenters. The fraction of sp³-hybridized carbons (Fsp3) is 0.500. The first kappa shape index (κ1) is 11.9. The molecule has 5 nitrogen and oxygen atoms in total. The van der Waals surface area contributed by atoms with Crippen LogP contribution in [0, 0.1) is 0 Å². The van der Waals surface area contributed by atoms with Gasteiger partial charge in [-0.2, -0.15) is 5.10 Å². The van der Waals surface area contributed by atoms with Crippen LogP contribution in [0.15, 0.2) is 29.3 Å². The van der Waals surface area contributed by atoms with Crippen molar-refractivity contribution >= 4 is 15.9 Å². The summed E-state index contributed by atoms with van der Waals surface area (Å²) in [5.74, 6) is 1.15. The predicted octanol–water partition coefficient (Wildman–Crippen LogP) is 1.48. The number of halogens is 1. The highest BCUT2D eigenvalue weighted by atomic mass is 79.9. The first-order valence-electron chi connectivity index (χ1n) is 6.10. The van der Waals surface area contributed by atoms with E-state index in [4.69, 9.17) is 0 Å². The minimum atomic E-state index is 0.526. The monoisotopic (exact) mass is 309 g/mol. The Labute approximate surface area is 115 Å². The van der Waals surface area contributed by atoms with Crippen LogP contribution in [0.2, 0.25) is 0 Å². The average Bonchev–Trinajstić information content (AvgIpc) is 2.86. The fourth-order valence-electron chi connectivity index (χ4n) is 2.30. The maximum atomic E-state index is 4.34. The van der Waals surface area contributed by atoms with E-state index in [9.17, 15) is 0 Å². The Morgan fingerprint density at radius 1 is 1.44 bits per heavy atom. The van der Waals surface area contributed by atoms with Crippen LogP contribution in [0.3, 0.4) is 0 Å². The number of nitrogens with zero attached hydrogens (tertiary/aromatic N) is 5. The van der Waals surface area contributed by atoms with Crippen molar-refractivity contribution in [2.45, 2.75) is 12.5 Å². The summed E-state index contributed by atoms with van der Waals surface area (Å²) in [6.45, 7) is 3.24. The smallest absolute Gasteiger partial charge is 0.109 e. The molecule has 0 spiro atoms. The number of rotatable bonds is 4. The molecule has 2 aromatic rings. The van der Waals surface area contributed by atoms with Crippen molar-refractivity contribution in [3.05, 3.63) is 35.1 Å². The van der Waals surface area contributed by atoms with Crippen molar-refractivity contribution in [3.63, 3.8) is 0 Å². The predicted molar refractivity (Wildman–Crippen MR) is 72.3 cm³/mol. The minimum Gasteiger partial charge on any atom is -0.338 e. The summed E-state index contributed by atoms with van der Waals surface area (Å²) in [6, 6.07) is 0.526. The molecule has 0 radical (unpaired) electrons. The van der Waals surface area contributed by atoms with E-state index in [-0.39, 0.29) is 0 Å². The first-order chi connectivity index (χ1) is 8.72. The van der Waals surface area contributed by atoms with E-state index in [0.29, 0.717) is 6.04 Å². The fourth-order valence-corrected chi connectivity index (χ4v) is 2.60. The highest BCUT2D eigenvalue weighted by Crippen LogP contribution is 2.22. The highest BCUT2D eigenvalue weighted by molar-refractivity contribution is 9.10. The minimum absolute atomic E-state index is 0.526. The lowest BCUT2D eigenvalue weighted by Crippen LogP contribution is -2.48. The molecule has 0 aromatic carbocycles. The lowest BCUT2D eigenvalue weighted by Gasteiger charge is -2.39. The van der Waals surface area contributed by atoms with E-state index < -0.39 is 0 Å². The van der Waals surface area contributed by atoms with Gasteiger partial charge in [-0.25, -0.2) is 4.98 Å². The van der Waals surface area contributed by atoms with Gasteiger partial charge >= 0.3 is 0 Å². The third kappa shape index (κ3) is 2.35. The van der Waals surface area contributed by atoms with E-state index in [2.05, 4.69) is 35.5 Å². The van der Waals surface area contributed by atoms with Crippen LogP contribution in [0.4, 0.5) is 0 Å². The van der Waals surface area contributed by atoms with Crippen molar-refractivity contribution in [1.29, 1.82) is 0 Å². The van der Waals surface area contributed by atoms with Gasteiger partial charge in [0.15, 0.2) is 0 Å². The number of hydrogen-bond acceptors (Lipinski definition) is 3. The Bertz CT molecular complexity index is 526. The summed E-state index contributed by atoms with van der Waals surface area (Å²) < 4.78 is 5.18. The number of hydrogen-bond donors (Lipinski definition) is 0. The molecular weight excluding hydrogens is 294 g/mol. The normalized spacial score (nSPS) is 17.0. The molecule has 96 valence electrons. The van der Waals surface area contributed by atoms with Crippen molar-refractivity contribution < 1.29 is 0 Å². The first-order valence-corrected chi connectivity index (χ1v) is 6.90. The molecule has 1 fully saturated rings. The molecule has 3 heterocycles. The van der Waals surface area contributed by atoms with Gasteiger partial charge in [-0.3, -0.25) is 9.58 Å². The van der Waals surface area contributed by atoms with Crippen LogP contribution >= 0.6 is 15.9 Å². The summed E-state index contributed by atoms with van der Waals surface area (Å²) in [5, 5.41) is 4.32. The molecule has 0 amide bonds. The maximum Gasteiger partial charge on any atom is 0.109 e. The van der Waals surface area contributed by atoms with Gasteiger partial charge in [0.05, 0.1) is 16.7 Å². The Balaban J connectivity index is 1.47. The summed E-state index contributed by atoms with van der Waals surface area (Å²) in [6.07, 6.45) is 8.75. The van der Waals surface area contributed by atoms with Crippen LogP contribution in [-0.2, 0) is 13.5 Å². The van der Waals surface area contributed by atoms with E-state index in [1.807, 2.05) is 36.5 Å². The molecule has 1 aliphatic heterocycles. The molecular formula is C12H16BrN5. The average molecular weight is 310 g/mol. The third-order valence-electron chi connectivity index (χ3n) is 3.45. The molecule has 0 saturated carbocycles. The van der Waals surface area contributed by atoms with E-state index in [1.165, 1.54) is 0 Å². The molecule has 18 heavy (non-hydrogen) atoms. The number of aryl methyl sites for hydroxylation is 1. The van der Waals surface area contributed by atoms with Crippen LogP contribution in [0.1, 0.15) is 11.9 Å². The summed E-state index contributed by atoms with van der Waals surface area (Å²) >= 11 is 3.43. The number of likely N-dealkylation sites (tertiary alicyclic amines) is 1. The third-order valence-corrected chi connectivity index (χ3v) is 3.86. The van der Waals surface area contributed by atoms with E-state index >= 15 is 0 Å². The molecule has 0 N–H and O–H groups in total. The molecule has 2 aromatic heterocycles. The van der Waals surface area contributed by atoms with Crippen molar-refractivity contribution in [2.24, 2.45) is 7.05 Å². The quantitative estimate of drug-likeness (QED) is 0.859. The Hall–Kier alpha value is -1.14. The van der Waals surface area contributed by atoms with Crippen molar-refractivity contribution in [1.82, 2.24) is 24.2 Å². The summed E-state index contributed by atoms with van der Waals surface area (Å²) in [5.41, 5.74) is 0. The van der Waals surface area contributed by atoms with E-state index in [0.717, 1.165) is 36.4 Å². The van der Waals surface area contributed by atoms with Crippen molar-refractivity contribution in [3.8, 4) is 0 Å². The Kier molecular flexibility index (Phi) is 3.22. The van der Waals surface area contributed by atoms with Gasteiger partial charge in [0.2, 0.25) is 0 Å². The standard InChI is InChI=1S/C12H16BrN5/c1-16-5-3-14-12(16)2-4-17-8-11(9-17)18-7-10(13)6-15-18/h3,5-7,11H,2,4,8-9H2,1H3. The van der Waals surface area contributed by atoms with Gasteiger partial charge in [0, 0.05) is 51.7 Å². The number of aromatic nitrogens is 4. The Morgan fingerprint density at radius 2 is 2.28 bits per heavy atom. The van der Waals surface area contributed by atoms with Crippen LogP contribution in [0.5, 0.6) is 0 Å². The molecule has 6 heteroatoms. The zero-order chi connectivity index (χ0) is 12.5. The van der Waals surface area contributed by atoms with Gasteiger partial charge in [0.25, 0.3) is 0 Å². The highest BCUT2D eigenvalue weighted by Gasteiger charge is 2.28. The van der Waals surface area contributed by atoms with Gasteiger partial charge in [-0.15, -0.1) is 0 Å². The molecule has 3 rings (SSSR count). The van der Waals surface area contributed by atoms with Crippen LogP contribution in [-0.4, -0.2) is 43.9 Å². The molecule has 1 aliphatic rings. The van der Waals surface area contributed by atoms with Crippen LogP contribution in [0.25, 0.3) is 0 Å². The largest absolute Gasteiger partial charge is 0.338 e. The Morgan fingerprint density at radius 3 is 2.89 bits per heavy atom. The molecule has 0 aliphatic carbocycles. The second-order valence-electron chi connectivity index (χ2n) is 4.76. The van der Waals surface area contributed by atoms with Gasteiger partial charge in [-0.05, 0) is 15.9 Å². The summed E-state index contributed by atoms with van der Waals surface area (Å²) in [7, 11) is 2.04. The zero-order valence-corrected chi connectivity index (χ0v) is 11.9. The van der Waals surface area contributed by atoms with Crippen LogP contribution < -0.4 is 0 Å². The molecule has 1 saturated heterocycles. The second-order valence-corrected chi connectivity index (χ2v) is 5.67. The van der Waals surface area contributed by atoms with Gasteiger partial charge in [0.1, 0.15) is 5.82 Å². The van der Waals surface area contributed by atoms with Gasteiger partial charge in [-0.1, -0.05) is 0 Å². The SMILES string of the molecule is Cn1ccnc1CCN1CC(n2cc(Br)cn2)C1. The lowest BCUT2D eigenvalue weighted by atomic mass is 10.1. The lowest BCUT2D eigenvalue weighted by molar-refractivity contribution is 0.0992. The van der Waals surface area contributed by atoms with Gasteiger partial charge < -0.3 is 4.57 Å².